The van der Waals surface area contributed by atoms with Crippen molar-refractivity contribution in [3.8, 4) is 0 Å². The van der Waals surface area contributed by atoms with Crippen molar-refractivity contribution in [3.05, 3.63) is 0 Å². The van der Waals surface area contributed by atoms with Crippen molar-refractivity contribution in [2.24, 2.45) is 5.73 Å². The van der Waals surface area contributed by atoms with E-state index in [0.717, 1.165) is 44.3 Å². The highest BCUT2D eigenvalue weighted by Crippen LogP contribution is 2.04. The molecule has 5 N–H and O–H groups in total. The first-order valence-corrected chi connectivity index (χ1v) is 11.8. The zero-order valence-electron chi connectivity index (χ0n) is 17.0. The average molecular weight is 453 g/mol. The van der Waals surface area contributed by atoms with Gasteiger partial charge in [-0.05, 0) is 31.4 Å². The largest absolute Gasteiger partial charge is 0.353 e. The minimum Gasteiger partial charge on any atom is -0.353 e. The summed E-state index contributed by atoms with van der Waals surface area (Å²) in [4.78, 5) is 36.6. The zero-order chi connectivity index (χ0) is 21.8. The molecule has 0 saturated heterocycles. The van der Waals surface area contributed by atoms with Crippen LogP contribution in [-0.4, -0.2) is 48.6 Å². The average Bonchev–Trinajstić information content (AvgIpc) is 2.70. The van der Waals surface area contributed by atoms with Gasteiger partial charge in [-0.3, -0.25) is 14.4 Å². The molecule has 10 heteroatoms. The third kappa shape index (κ3) is 16.1. The molecule has 0 radical (unpaired) electrons. The summed E-state index contributed by atoms with van der Waals surface area (Å²) in [6.45, 7) is 4.68. The molecule has 0 saturated carbocycles. The third-order valence-corrected chi connectivity index (χ3v) is 4.36. The molecule has 0 aromatic rings. The van der Waals surface area contributed by atoms with Crippen molar-refractivity contribution < 1.29 is 14.4 Å². The first kappa shape index (κ1) is 29.4. The maximum absolute atomic E-state index is 12.3. The second kappa shape index (κ2) is 20.9. The van der Waals surface area contributed by atoms with E-state index in [0.29, 0.717) is 19.5 Å². The fourth-order valence-electron chi connectivity index (χ4n) is 2.57. The molecule has 0 aromatic carbocycles. The van der Waals surface area contributed by atoms with Gasteiger partial charge < -0.3 is 21.7 Å². The van der Waals surface area contributed by atoms with E-state index >= 15 is 0 Å². The molecule has 0 spiro atoms. The highest BCUT2D eigenvalue weighted by atomic mass is 32.8. The maximum atomic E-state index is 12.3. The van der Waals surface area contributed by atoms with Crippen molar-refractivity contribution in [1.29, 1.82) is 0 Å². The summed E-state index contributed by atoms with van der Waals surface area (Å²) in [6.07, 6.45) is 5.57. The smallest absolute Gasteiger partial charge is 0.243 e. The first-order chi connectivity index (χ1) is 13.5. The van der Waals surface area contributed by atoms with Crippen LogP contribution in [0.25, 0.3) is 0 Å². The Morgan fingerprint density at radius 2 is 1.71 bits per heavy atom. The Hall–Kier alpha value is -0.840. The summed E-state index contributed by atoms with van der Waals surface area (Å²) in [7, 11) is 0. The SMILES string of the molecule is CCCC(CC)NC(=O)C[C@H](NC(=O)CCCCCS)C(=O)NCCN.S=S. The fraction of sp³-hybridized carbons (Fsp3) is 0.833. The molecule has 3 amide bonds. The number of hydrogen-bond donors (Lipinski definition) is 5. The van der Waals surface area contributed by atoms with E-state index in [1.54, 1.807) is 0 Å². The summed E-state index contributed by atoms with van der Waals surface area (Å²) in [5.74, 6) is -0.0284. The van der Waals surface area contributed by atoms with Crippen LogP contribution < -0.4 is 21.7 Å². The molecule has 0 bridgehead atoms. The van der Waals surface area contributed by atoms with Crippen LogP contribution in [-0.2, 0) is 36.8 Å². The monoisotopic (exact) mass is 452 g/mol. The Morgan fingerprint density at radius 1 is 1.04 bits per heavy atom. The Balaban J connectivity index is 0. The zero-order valence-corrected chi connectivity index (χ0v) is 19.5. The fourth-order valence-corrected chi connectivity index (χ4v) is 2.79. The molecule has 0 aliphatic carbocycles. The molecule has 28 heavy (non-hydrogen) atoms. The van der Waals surface area contributed by atoms with E-state index in [1.807, 2.05) is 6.92 Å². The lowest BCUT2D eigenvalue weighted by atomic mass is 10.1. The summed E-state index contributed by atoms with van der Waals surface area (Å²) < 4.78 is 0. The van der Waals surface area contributed by atoms with Crippen LogP contribution in [0.3, 0.4) is 0 Å². The minimum atomic E-state index is -0.877. The van der Waals surface area contributed by atoms with Gasteiger partial charge in [-0.25, -0.2) is 0 Å². The van der Waals surface area contributed by atoms with Gasteiger partial charge in [-0.2, -0.15) is 12.6 Å². The molecular formula is C18H36N4O3S3. The van der Waals surface area contributed by atoms with E-state index in [9.17, 15) is 14.4 Å². The molecule has 0 aromatic heterocycles. The number of rotatable bonds is 15. The predicted octanol–water partition coefficient (Wildman–Crippen LogP) is 1.12. The van der Waals surface area contributed by atoms with E-state index in [1.165, 1.54) is 0 Å². The molecule has 7 nitrogen and oxygen atoms in total. The molecule has 1 unspecified atom stereocenters. The van der Waals surface area contributed by atoms with Gasteiger partial charge in [0.25, 0.3) is 0 Å². The number of carbonyl (C=O) groups excluding carboxylic acids is 3. The number of nitrogens with two attached hydrogens (primary N) is 1. The van der Waals surface area contributed by atoms with Crippen LogP contribution >= 0.6 is 12.6 Å². The molecule has 0 fully saturated rings. The van der Waals surface area contributed by atoms with Crippen LogP contribution in [0.2, 0.25) is 0 Å². The van der Waals surface area contributed by atoms with E-state index in [4.69, 9.17) is 5.73 Å². The van der Waals surface area contributed by atoms with Crippen LogP contribution in [0, 0.1) is 0 Å². The lowest BCUT2D eigenvalue weighted by Crippen LogP contribution is -2.50. The topological polar surface area (TPSA) is 113 Å². The Bertz CT molecular complexity index is 442. The summed E-state index contributed by atoms with van der Waals surface area (Å²) in [5.41, 5.74) is 5.40. The van der Waals surface area contributed by atoms with Gasteiger partial charge in [-0.15, -0.1) is 0 Å². The van der Waals surface area contributed by atoms with Crippen LogP contribution in [0.15, 0.2) is 0 Å². The van der Waals surface area contributed by atoms with Gasteiger partial charge in [0.1, 0.15) is 6.04 Å². The van der Waals surface area contributed by atoms with Crippen molar-refractivity contribution >= 4 is 52.7 Å². The molecule has 164 valence electrons. The summed E-state index contributed by atoms with van der Waals surface area (Å²) in [6, 6.07) is -0.782. The van der Waals surface area contributed by atoms with Crippen molar-refractivity contribution in [2.45, 2.75) is 77.3 Å². The Labute approximate surface area is 184 Å². The lowest BCUT2D eigenvalue weighted by Gasteiger charge is -2.21. The standard InChI is InChI=1S/C18H36N4O3S.S2/c1-3-8-14(4-2)21-17(24)13-15(18(25)20-11-10-19)22-16(23)9-6-5-7-12-26;1-2/h14-15,26H,3-13,19H2,1-2H3,(H,20,25)(H,21,24)(H,22,23);/t14?,15-;/m0./s1. The number of hydrogen-bond acceptors (Lipinski definition) is 7. The van der Waals surface area contributed by atoms with E-state index in [2.05, 4.69) is 57.9 Å². The first-order valence-electron chi connectivity index (χ1n) is 9.82. The second-order valence-electron chi connectivity index (χ2n) is 6.40. The molecular weight excluding hydrogens is 416 g/mol. The lowest BCUT2D eigenvalue weighted by molar-refractivity contribution is -0.132. The number of amides is 3. The van der Waals surface area contributed by atoms with Gasteiger partial charge in [0, 0.05) is 47.9 Å². The summed E-state index contributed by atoms with van der Waals surface area (Å²) in [5, 5.41) is 8.27. The number of unbranched alkanes of at least 4 members (excludes halogenated alkanes) is 2. The normalized spacial score (nSPS) is 12.1. The van der Waals surface area contributed by atoms with Crippen molar-refractivity contribution in [1.82, 2.24) is 16.0 Å². The van der Waals surface area contributed by atoms with Crippen molar-refractivity contribution in [3.63, 3.8) is 0 Å². The highest BCUT2D eigenvalue weighted by molar-refractivity contribution is 8.07. The van der Waals surface area contributed by atoms with Crippen LogP contribution in [0.1, 0.15) is 65.2 Å². The predicted molar refractivity (Wildman–Crippen MR) is 123 cm³/mol. The summed E-state index contributed by atoms with van der Waals surface area (Å²) >= 11 is 11.5. The number of carbonyl (C=O) groups is 3. The third-order valence-electron chi connectivity index (χ3n) is 4.04. The van der Waals surface area contributed by atoms with Gasteiger partial charge in [0.05, 0.1) is 6.42 Å². The van der Waals surface area contributed by atoms with Gasteiger partial charge in [-0.1, -0.05) is 26.7 Å². The molecule has 0 rings (SSSR count). The van der Waals surface area contributed by atoms with Crippen LogP contribution in [0.5, 0.6) is 0 Å². The number of nitrogens with one attached hydrogen (secondary N) is 3. The molecule has 0 aliphatic rings. The van der Waals surface area contributed by atoms with E-state index < -0.39 is 6.04 Å². The van der Waals surface area contributed by atoms with Gasteiger partial charge in [0.2, 0.25) is 17.7 Å². The van der Waals surface area contributed by atoms with Crippen LogP contribution in [0.4, 0.5) is 0 Å². The molecule has 0 aliphatic heterocycles. The minimum absolute atomic E-state index is 0.0704. The number of thiol groups is 1. The van der Waals surface area contributed by atoms with Crippen molar-refractivity contribution in [2.75, 3.05) is 18.8 Å². The van der Waals surface area contributed by atoms with Gasteiger partial charge >= 0.3 is 0 Å². The molecule has 0 heterocycles. The maximum Gasteiger partial charge on any atom is 0.243 e. The van der Waals surface area contributed by atoms with E-state index in [-0.39, 0.29) is 30.2 Å². The highest BCUT2D eigenvalue weighted by Gasteiger charge is 2.24. The molecule has 2 atom stereocenters. The Kier molecular flexibility index (Phi) is 21.9. The Morgan fingerprint density at radius 3 is 2.25 bits per heavy atom. The van der Waals surface area contributed by atoms with Gasteiger partial charge in [0.15, 0.2) is 0 Å². The second-order valence-corrected chi connectivity index (χ2v) is 6.85. The quantitative estimate of drug-likeness (QED) is 0.188.